The van der Waals surface area contributed by atoms with E-state index in [1.165, 1.54) is 19.8 Å². The number of imidazole rings is 2. The van der Waals surface area contributed by atoms with Crippen LogP contribution < -0.4 is 10.6 Å². The number of hydrogen-bond donors (Lipinski definition) is 4. The number of aromatic nitrogens is 4. The Morgan fingerprint density at radius 2 is 1.29 bits per heavy atom. The normalized spacial score (nSPS) is 18.7. The van der Waals surface area contributed by atoms with Crippen molar-refractivity contribution in [2.45, 2.75) is 90.4 Å². The van der Waals surface area contributed by atoms with Crippen molar-refractivity contribution in [3.05, 3.63) is 71.6 Å². The first-order valence-corrected chi connectivity index (χ1v) is 19.6. The average Bonchev–Trinajstić information content (AvgIpc) is 4.04. The van der Waals surface area contributed by atoms with Gasteiger partial charge in [0, 0.05) is 24.3 Å². The van der Waals surface area contributed by atoms with Crippen molar-refractivity contribution >= 4 is 24.0 Å². The lowest BCUT2D eigenvalue weighted by atomic mass is 9.89. The van der Waals surface area contributed by atoms with Gasteiger partial charge < -0.3 is 39.9 Å². The fourth-order valence-electron chi connectivity index (χ4n) is 8.34. The van der Waals surface area contributed by atoms with Crippen LogP contribution in [0.15, 0.2) is 48.7 Å². The van der Waals surface area contributed by atoms with Crippen molar-refractivity contribution in [1.29, 1.82) is 0 Å². The summed E-state index contributed by atoms with van der Waals surface area (Å²) in [6.07, 6.45) is 5.57. The smallest absolute Gasteiger partial charge is 0.407 e. The van der Waals surface area contributed by atoms with Crippen molar-refractivity contribution in [2.24, 2.45) is 11.8 Å². The van der Waals surface area contributed by atoms with Crippen LogP contribution in [0.4, 0.5) is 9.59 Å². The monoisotopic (exact) mass is 764 g/mol. The van der Waals surface area contributed by atoms with E-state index in [0.717, 1.165) is 89.5 Å². The molecule has 2 saturated heterocycles. The highest BCUT2D eigenvalue weighted by Gasteiger charge is 2.39. The van der Waals surface area contributed by atoms with Crippen molar-refractivity contribution in [2.75, 3.05) is 27.3 Å². The summed E-state index contributed by atoms with van der Waals surface area (Å²) >= 11 is 0. The minimum atomic E-state index is -0.686. The van der Waals surface area contributed by atoms with Crippen LogP contribution in [0.1, 0.15) is 88.4 Å². The molecule has 0 unspecified atom stereocenters. The number of aryl methyl sites for hydroxylation is 2. The van der Waals surface area contributed by atoms with Crippen LogP contribution in [0.3, 0.4) is 0 Å². The average molecular weight is 765 g/mol. The van der Waals surface area contributed by atoms with Crippen LogP contribution in [-0.2, 0) is 31.9 Å². The van der Waals surface area contributed by atoms with E-state index in [1.807, 2.05) is 43.7 Å². The SMILES string of the molecule is COC(=O)N[C@H](C(=O)N1CCC[C@H]1c1ncc(-c2ccc(-c3ccc4c(c3)CCc3[nH]c([C@@H]5CCCN5C(=O)[C@@H](NC(=O)OC)C(C)C)nc3-4)cc2)[nH]1)C(C)C. The van der Waals surface area contributed by atoms with E-state index < -0.39 is 24.3 Å². The number of nitrogens with zero attached hydrogens (tertiary/aromatic N) is 4. The molecule has 2 aromatic heterocycles. The van der Waals surface area contributed by atoms with Gasteiger partial charge in [-0.2, -0.15) is 0 Å². The molecule has 0 bridgehead atoms. The molecule has 0 radical (unpaired) electrons. The zero-order valence-corrected chi connectivity index (χ0v) is 33.0. The maximum Gasteiger partial charge on any atom is 0.407 e. The predicted octanol–water partition coefficient (Wildman–Crippen LogP) is 6.32. The van der Waals surface area contributed by atoms with Gasteiger partial charge in [0.25, 0.3) is 0 Å². The van der Waals surface area contributed by atoms with E-state index in [9.17, 15) is 19.2 Å². The van der Waals surface area contributed by atoms with Gasteiger partial charge in [-0.05, 0) is 72.6 Å². The molecule has 56 heavy (non-hydrogen) atoms. The van der Waals surface area contributed by atoms with Crippen molar-refractivity contribution < 1.29 is 28.7 Å². The quantitative estimate of drug-likeness (QED) is 0.145. The van der Waals surface area contributed by atoms with Crippen molar-refractivity contribution in [3.63, 3.8) is 0 Å². The van der Waals surface area contributed by atoms with Gasteiger partial charge in [0.2, 0.25) is 11.8 Å². The van der Waals surface area contributed by atoms with E-state index in [0.29, 0.717) is 13.1 Å². The highest BCUT2D eigenvalue weighted by Crippen LogP contribution is 2.39. The van der Waals surface area contributed by atoms with Crippen LogP contribution in [0.25, 0.3) is 33.6 Å². The highest BCUT2D eigenvalue weighted by molar-refractivity contribution is 5.87. The maximum atomic E-state index is 13.7. The molecule has 7 rings (SSSR count). The summed E-state index contributed by atoms with van der Waals surface area (Å²) < 4.78 is 9.55. The van der Waals surface area contributed by atoms with E-state index >= 15 is 0 Å². The lowest BCUT2D eigenvalue weighted by Gasteiger charge is -2.30. The van der Waals surface area contributed by atoms with Gasteiger partial charge >= 0.3 is 12.2 Å². The number of hydrogen-bond acceptors (Lipinski definition) is 8. The van der Waals surface area contributed by atoms with Crippen LogP contribution >= 0.6 is 0 Å². The summed E-state index contributed by atoms with van der Waals surface area (Å²) in [4.78, 5) is 71.7. The maximum absolute atomic E-state index is 13.7. The minimum Gasteiger partial charge on any atom is -0.453 e. The standard InChI is InChI=1S/C42H52N8O6/c1-23(2)34(47-41(53)55-5)39(51)49-19-7-9-32(49)37-43-22-31(45-37)26-13-11-25(12-14-26)27-15-17-29-28(21-27)16-18-30-36(29)46-38(44-30)33-10-8-20-50(33)40(52)35(24(3)4)48-42(54)56-6/h11-15,17,21-24,32-35H,7-10,16,18-20H2,1-6H3,(H,43,45)(H,44,46)(H,47,53)(H,48,54)/t32-,33-,34-,35-/m0/s1. The molecular formula is C42H52N8O6. The number of H-pyrrole nitrogens is 2. The number of nitrogens with one attached hydrogen (secondary N) is 4. The zero-order valence-electron chi connectivity index (χ0n) is 33.0. The van der Waals surface area contributed by atoms with Crippen molar-refractivity contribution in [3.8, 4) is 33.6 Å². The molecule has 3 aliphatic rings. The molecule has 2 aliphatic heterocycles. The Balaban J connectivity index is 1.05. The molecule has 4 N–H and O–H groups in total. The summed E-state index contributed by atoms with van der Waals surface area (Å²) in [5, 5.41) is 5.42. The molecule has 4 aromatic rings. The largest absolute Gasteiger partial charge is 0.453 e. The molecule has 4 heterocycles. The van der Waals surface area contributed by atoms with E-state index in [-0.39, 0.29) is 35.7 Å². The molecule has 2 aromatic carbocycles. The van der Waals surface area contributed by atoms with Crippen molar-refractivity contribution in [1.82, 2.24) is 40.4 Å². The number of carbonyl (C=O) groups excluding carboxylic acids is 4. The van der Waals surface area contributed by atoms with E-state index in [4.69, 9.17) is 19.4 Å². The Hall–Kier alpha value is -5.66. The second-order valence-corrected chi connectivity index (χ2v) is 15.7. The summed E-state index contributed by atoms with van der Waals surface area (Å²) in [5.41, 5.74) is 8.42. The minimum absolute atomic E-state index is 0.0993. The number of benzene rings is 2. The van der Waals surface area contributed by atoms with Crippen LogP contribution in [0.2, 0.25) is 0 Å². The molecule has 0 saturated carbocycles. The number of rotatable bonds is 10. The first-order chi connectivity index (χ1) is 27.0. The summed E-state index contributed by atoms with van der Waals surface area (Å²) in [6.45, 7) is 8.84. The number of likely N-dealkylation sites (tertiary alicyclic amines) is 2. The van der Waals surface area contributed by atoms with Crippen LogP contribution in [0.5, 0.6) is 0 Å². The van der Waals surface area contributed by atoms with Gasteiger partial charge in [0.05, 0.1) is 43.9 Å². The van der Waals surface area contributed by atoms with Gasteiger partial charge in [-0.25, -0.2) is 19.6 Å². The Labute approximate surface area is 327 Å². The molecule has 2 fully saturated rings. The highest BCUT2D eigenvalue weighted by atomic mass is 16.5. The molecule has 0 spiro atoms. The Bertz CT molecular complexity index is 2090. The second kappa shape index (κ2) is 16.2. The molecule has 14 heteroatoms. The topological polar surface area (TPSA) is 175 Å². The second-order valence-electron chi connectivity index (χ2n) is 15.7. The number of methoxy groups -OCH3 is 2. The molecule has 4 atom stereocenters. The van der Waals surface area contributed by atoms with Crippen LogP contribution in [-0.4, -0.2) is 93.1 Å². The molecule has 296 valence electrons. The third kappa shape index (κ3) is 7.61. The summed E-state index contributed by atoms with van der Waals surface area (Å²) in [7, 11) is 2.59. The number of fused-ring (bicyclic) bond motifs is 3. The number of alkyl carbamates (subject to hydrolysis) is 2. The predicted molar refractivity (Wildman–Crippen MR) is 210 cm³/mol. The number of aromatic amines is 2. The molecular weight excluding hydrogens is 713 g/mol. The number of carbonyl (C=O) groups is 4. The fraction of sp³-hybridized carbons (Fsp3) is 0.476. The summed E-state index contributed by atoms with van der Waals surface area (Å²) in [6, 6.07) is 13.2. The lowest BCUT2D eigenvalue weighted by Crippen LogP contribution is -2.51. The fourth-order valence-corrected chi connectivity index (χ4v) is 8.34. The molecule has 4 amide bonds. The Kier molecular flexibility index (Phi) is 11.2. The zero-order chi connectivity index (χ0) is 39.7. The van der Waals surface area contributed by atoms with E-state index in [2.05, 4.69) is 63.1 Å². The van der Waals surface area contributed by atoms with Crippen LogP contribution in [0, 0.1) is 11.8 Å². The molecule has 14 nitrogen and oxygen atoms in total. The number of ether oxygens (including phenoxy) is 2. The van der Waals surface area contributed by atoms with E-state index in [1.54, 1.807) is 0 Å². The Morgan fingerprint density at radius 3 is 1.86 bits per heavy atom. The number of amides is 4. The third-order valence-electron chi connectivity index (χ3n) is 11.4. The lowest BCUT2D eigenvalue weighted by molar-refractivity contribution is -0.136. The third-order valence-corrected chi connectivity index (χ3v) is 11.4. The Morgan fingerprint density at radius 1 is 0.732 bits per heavy atom. The van der Waals surface area contributed by atoms with Gasteiger partial charge in [0.15, 0.2) is 0 Å². The van der Waals surface area contributed by atoms with Gasteiger partial charge in [0.1, 0.15) is 23.7 Å². The van der Waals surface area contributed by atoms with Gasteiger partial charge in [-0.3, -0.25) is 9.59 Å². The molecule has 1 aliphatic carbocycles. The van der Waals surface area contributed by atoms with Gasteiger partial charge in [-0.15, -0.1) is 0 Å². The van der Waals surface area contributed by atoms with Gasteiger partial charge in [-0.1, -0.05) is 70.2 Å². The summed E-state index contributed by atoms with van der Waals surface area (Å²) in [5.74, 6) is 1.06. The first kappa shape index (κ1) is 38.6. The first-order valence-electron chi connectivity index (χ1n) is 19.6.